The molecule has 0 bridgehead atoms. The molecule has 3 nitrogen and oxygen atoms in total. The minimum Gasteiger partial charge on any atom is -0.377 e. The third-order valence-corrected chi connectivity index (χ3v) is 5.62. The van der Waals surface area contributed by atoms with E-state index in [1.54, 1.807) is 11.3 Å². The van der Waals surface area contributed by atoms with E-state index in [9.17, 15) is 0 Å². The largest absolute Gasteiger partial charge is 0.377 e. The van der Waals surface area contributed by atoms with Crippen LogP contribution in [0.4, 0.5) is 0 Å². The molecule has 2 saturated heterocycles. The van der Waals surface area contributed by atoms with Crippen LogP contribution in [0.3, 0.4) is 0 Å². The SMILES string of the molecule is c1csc(CN(C[C@H]2CCCO2)[C@H]2CCSC2)n1. The van der Waals surface area contributed by atoms with Gasteiger partial charge in [-0.3, -0.25) is 4.90 Å². The van der Waals surface area contributed by atoms with Gasteiger partial charge in [0, 0.05) is 36.5 Å². The summed E-state index contributed by atoms with van der Waals surface area (Å²) in [5.74, 6) is 2.59. The molecule has 0 radical (unpaired) electrons. The molecule has 0 aromatic carbocycles. The van der Waals surface area contributed by atoms with Crippen molar-refractivity contribution in [1.29, 1.82) is 0 Å². The number of rotatable bonds is 5. The fraction of sp³-hybridized carbons (Fsp3) is 0.769. The lowest BCUT2D eigenvalue weighted by Gasteiger charge is -2.29. The third-order valence-electron chi connectivity index (χ3n) is 3.71. The first kappa shape index (κ1) is 12.9. The average molecular weight is 284 g/mol. The minimum absolute atomic E-state index is 0.454. The van der Waals surface area contributed by atoms with Gasteiger partial charge in [0.1, 0.15) is 5.01 Å². The zero-order chi connectivity index (χ0) is 12.2. The van der Waals surface area contributed by atoms with Crippen LogP contribution in [-0.2, 0) is 11.3 Å². The molecule has 0 unspecified atom stereocenters. The van der Waals surface area contributed by atoms with Crippen molar-refractivity contribution in [3.05, 3.63) is 16.6 Å². The maximum Gasteiger partial charge on any atom is 0.107 e. The number of hydrogen-bond donors (Lipinski definition) is 0. The Labute approximate surface area is 117 Å². The van der Waals surface area contributed by atoms with Crippen LogP contribution in [0.1, 0.15) is 24.3 Å². The molecule has 2 aliphatic heterocycles. The maximum atomic E-state index is 5.80. The van der Waals surface area contributed by atoms with Crippen LogP contribution >= 0.6 is 23.1 Å². The first-order chi connectivity index (χ1) is 8.92. The highest BCUT2D eigenvalue weighted by molar-refractivity contribution is 7.99. The zero-order valence-corrected chi connectivity index (χ0v) is 12.2. The van der Waals surface area contributed by atoms with Crippen LogP contribution in [0.15, 0.2) is 11.6 Å². The van der Waals surface area contributed by atoms with Crippen molar-refractivity contribution in [2.45, 2.75) is 38.0 Å². The summed E-state index contributed by atoms with van der Waals surface area (Å²) in [5.41, 5.74) is 0. The molecule has 0 amide bonds. The van der Waals surface area contributed by atoms with Crippen LogP contribution in [0.2, 0.25) is 0 Å². The number of aromatic nitrogens is 1. The zero-order valence-electron chi connectivity index (χ0n) is 10.6. The summed E-state index contributed by atoms with van der Waals surface area (Å²) in [7, 11) is 0. The quantitative estimate of drug-likeness (QED) is 0.830. The Bertz CT molecular complexity index is 346. The van der Waals surface area contributed by atoms with Crippen molar-refractivity contribution >= 4 is 23.1 Å². The van der Waals surface area contributed by atoms with Gasteiger partial charge >= 0.3 is 0 Å². The molecule has 2 atom stereocenters. The first-order valence-electron chi connectivity index (χ1n) is 6.73. The van der Waals surface area contributed by atoms with Crippen LogP contribution in [0.25, 0.3) is 0 Å². The predicted molar refractivity (Wildman–Crippen MR) is 77.2 cm³/mol. The molecule has 0 spiro atoms. The first-order valence-corrected chi connectivity index (χ1v) is 8.77. The average Bonchev–Trinajstić information content (AvgIpc) is 3.13. The van der Waals surface area contributed by atoms with E-state index in [4.69, 9.17) is 4.74 Å². The molecule has 3 rings (SSSR count). The van der Waals surface area contributed by atoms with Crippen molar-refractivity contribution in [3.8, 4) is 0 Å². The van der Waals surface area contributed by atoms with Gasteiger partial charge in [-0.25, -0.2) is 4.98 Å². The summed E-state index contributed by atoms with van der Waals surface area (Å²) in [5, 5.41) is 3.31. The van der Waals surface area contributed by atoms with E-state index in [-0.39, 0.29) is 0 Å². The summed E-state index contributed by atoms with van der Waals surface area (Å²) < 4.78 is 5.80. The maximum absolute atomic E-state index is 5.80. The molecule has 5 heteroatoms. The van der Waals surface area contributed by atoms with Crippen LogP contribution in [0, 0.1) is 0 Å². The highest BCUT2D eigenvalue weighted by Crippen LogP contribution is 2.26. The predicted octanol–water partition coefficient (Wildman–Crippen LogP) is 2.63. The van der Waals surface area contributed by atoms with Crippen molar-refractivity contribution in [1.82, 2.24) is 9.88 Å². The number of ether oxygens (including phenoxy) is 1. The standard InChI is InChI=1S/C13H20N2OS2/c1-2-12(16-5-1)8-15(11-3-6-17-10-11)9-13-14-4-7-18-13/h4,7,11-12H,1-3,5-6,8-10H2/t11-,12+/m0/s1. The molecule has 18 heavy (non-hydrogen) atoms. The fourth-order valence-corrected chi connectivity index (χ4v) is 4.60. The summed E-state index contributed by atoms with van der Waals surface area (Å²) in [6, 6.07) is 0.725. The Hall–Kier alpha value is -0.100. The van der Waals surface area contributed by atoms with E-state index in [2.05, 4.69) is 27.0 Å². The molecule has 1 aromatic heterocycles. The Morgan fingerprint density at radius 2 is 2.44 bits per heavy atom. The molecule has 100 valence electrons. The summed E-state index contributed by atoms with van der Waals surface area (Å²) in [6.45, 7) is 3.04. The van der Waals surface area contributed by atoms with E-state index < -0.39 is 0 Å². The van der Waals surface area contributed by atoms with Crippen LogP contribution in [-0.4, -0.2) is 46.7 Å². The second-order valence-electron chi connectivity index (χ2n) is 5.01. The summed E-state index contributed by atoms with van der Waals surface area (Å²) >= 11 is 3.85. The van der Waals surface area contributed by atoms with Gasteiger partial charge in [-0.05, 0) is 25.0 Å². The van der Waals surface area contributed by atoms with E-state index in [0.29, 0.717) is 6.10 Å². The van der Waals surface area contributed by atoms with Crippen molar-refractivity contribution in [3.63, 3.8) is 0 Å². The molecule has 1 aromatic rings. The van der Waals surface area contributed by atoms with Crippen molar-refractivity contribution < 1.29 is 4.74 Å². The molecular formula is C13H20N2OS2. The molecule has 2 fully saturated rings. The van der Waals surface area contributed by atoms with Gasteiger partial charge < -0.3 is 4.74 Å². The van der Waals surface area contributed by atoms with Gasteiger partial charge in [-0.1, -0.05) is 0 Å². The smallest absolute Gasteiger partial charge is 0.107 e. The lowest BCUT2D eigenvalue weighted by molar-refractivity contribution is 0.0575. The lowest BCUT2D eigenvalue weighted by atomic mass is 10.1. The molecule has 3 heterocycles. The minimum atomic E-state index is 0.454. The Kier molecular flexibility index (Phi) is 4.57. The molecule has 0 saturated carbocycles. The molecule has 2 aliphatic rings. The highest BCUT2D eigenvalue weighted by Gasteiger charge is 2.27. The van der Waals surface area contributed by atoms with Gasteiger partial charge in [0.15, 0.2) is 0 Å². The molecule has 0 aliphatic carbocycles. The van der Waals surface area contributed by atoms with Gasteiger partial charge in [0.2, 0.25) is 0 Å². The highest BCUT2D eigenvalue weighted by atomic mass is 32.2. The Balaban J connectivity index is 1.62. The normalized spacial score (nSPS) is 28.3. The van der Waals surface area contributed by atoms with E-state index >= 15 is 0 Å². The van der Waals surface area contributed by atoms with E-state index in [1.807, 2.05) is 6.20 Å². The number of thioether (sulfide) groups is 1. The Morgan fingerprint density at radius 1 is 1.44 bits per heavy atom. The van der Waals surface area contributed by atoms with Gasteiger partial charge in [0.05, 0.1) is 12.6 Å². The fourth-order valence-electron chi connectivity index (χ4n) is 2.71. The van der Waals surface area contributed by atoms with E-state index in [1.165, 1.54) is 35.8 Å². The summed E-state index contributed by atoms with van der Waals surface area (Å²) in [6.07, 6.45) is 6.15. The molecular weight excluding hydrogens is 264 g/mol. The van der Waals surface area contributed by atoms with Crippen LogP contribution < -0.4 is 0 Å². The van der Waals surface area contributed by atoms with Crippen LogP contribution in [0.5, 0.6) is 0 Å². The van der Waals surface area contributed by atoms with Crippen molar-refractivity contribution in [2.24, 2.45) is 0 Å². The number of nitrogens with zero attached hydrogens (tertiary/aromatic N) is 2. The van der Waals surface area contributed by atoms with Gasteiger partial charge in [-0.15, -0.1) is 11.3 Å². The second kappa shape index (κ2) is 6.37. The topological polar surface area (TPSA) is 25.4 Å². The lowest BCUT2D eigenvalue weighted by Crippen LogP contribution is -2.40. The Morgan fingerprint density at radius 3 is 3.11 bits per heavy atom. The second-order valence-corrected chi connectivity index (χ2v) is 7.14. The number of thiazole rings is 1. The van der Waals surface area contributed by atoms with E-state index in [0.717, 1.165) is 25.7 Å². The van der Waals surface area contributed by atoms with Crippen molar-refractivity contribution in [2.75, 3.05) is 24.7 Å². The third kappa shape index (κ3) is 3.26. The summed E-state index contributed by atoms with van der Waals surface area (Å²) in [4.78, 5) is 7.04. The van der Waals surface area contributed by atoms with Gasteiger partial charge in [0.25, 0.3) is 0 Å². The molecule has 0 N–H and O–H groups in total. The monoisotopic (exact) mass is 284 g/mol. The number of hydrogen-bond acceptors (Lipinski definition) is 5. The van der Waals surface area contributed by atoms with Gasteiger partial charge in [-0.2, -0.15) is 11.8 Å².